The van der Waals surface area contributed by atoms with E-state index in [2.05, 4.69) is 63.2 Å². The fourth-order valence-corrected chi connectivity index (χ4v) is 3.04. The van der Waals surface area contributed by atoms with Crippen LogP contribution in [0.15, 0.2) is 21.1 Å². The van der Waals surface area contributed by atoms with Crippen molar-refractivity contribution < 1.29 is 4.74 Å². The first-order valence-corrected chi connectivity index (χ1v) is 7.84. The predicted molar refractivity (Wildman–Crippen MR) is 84.2 cm³/mol. The van der Waals surface area contributed by atoms with E-state index in [0.717, 1.165) is 27.8 Å². The van der Waals surface area contributed by atoms with Crippen molar-refractivity contribution in [3.8, 4) is 5.75 Å². The number of rotatable bonds is 6. The van der Waals surface area contributed by atoms with Gasteiger partial charge in [-0.25, -0.2) is 0 Å². The quantitative estimate of drug-likeness (QED) is 0.771. The van der Waals surface area contributed by atoms with Gasteiger partial charge >= 0.3 is 0 Å². The Balaban J connectivity index is 2.73. The lowest BCUT2D eigenvalue weighted by molar-refractivity contribution is 0.239. The lowest BCUT2D eigenvalue weighted by atomic mass is 10.2. The van der Waals surface area contributed by atoms with Gasteiger partial charge in [0, 0.05) is 6.54 Å². The van der Waals surface area contributed by atoms with E-state index < -0.39 is 0 Å². The highest BCUT2D eigenvalue weighted by molar-refractivity contribution is 9.11. The van der Waals surface area contributed by atoms with E-state index in [-0.39, 0.29) is 6.10 Å². The summed E-state index contributed by atoms with van der Waals surface area (Å²) < 4.78 is 7.74. The standard InChI is InChI=1S/C14H21Br2NO/c1-9(2)7-17-8-11-5-12(15)14(13(16)6-11)18-10(3)4/h5-6,9-10,17H,7-8H2,1-4H3. The second-order valence-electron chi connectivity index (χ2n) is 5.08. The maximum absolute atomic E-state index is 5.76. The summed E-state index contributed by atoms with van der Waals surface area (Å²) in [5.41, 5.74) is 1.24. The second kappa shape index (κ2) is 7.51. The van der Waals surface area contributed by atoms with E-state index in [9.17, 15) is 0 Å². The molecule has 0 spiro atoms. The van der Waals surface area contributed by atoms with E-state index in [0.29, 0.717) is 5.92 Å². The zero-order valence-electron chi connectivity index (χ0n) is 11.4. The van der Waals surface area contributed by atoms with Gasteiger partial charge < -0.3 is 10.1 Å². The minimum atomic E-state index is 0.169. The van der Waals surface area contributed by atoms with Crippen molar-refractivity contribution >= 4 is 31.9 Å². The molecule has 0 heterocycles. The third-order valence-electron chi connectivity index (χ3n) is 2.29. The summed E-state index contributed by atoms with van der Waals surface area (Å²) in [7, 11) is 0. The molecule has 0 amide bonds. The molecule has 2 nitrogen and oxygen atoms in total. The third-order valence-corrected chi connectivity index (χ3v) is 3.47. The van der Waals surface area contributed by atoms with Crippen molar-refractivity contribution in [2.24, 2.45) is 5.92 Å². The fourth-order valence-electron chi connectivity index (χ4n) is 1.57. The summed E-state index contributed by atoms with van der Waals surface area (Å²) in [5, 5.41) is 3.43. The molecule has 18 heavy (non-hydrogen) atoms. The summed E-state index contributed by atoms with van der Waals surface area (Å²) in [6.45, 7) is 10.4. The minimum Gasteiger partial charge on any atom is -0.489 e. The number of hydrogen-bond acceptors (Lipinski definition) is 2. The van der Waals surface area contributed by atoms with Crippen molar-refractivity contribution in [2.45, 2.75) is 40.3 Å². The van der Waals surface area contributed by atoms with E-state index in [1.54, 1.807) is 0 Å². The summed E-state index contributed by atoms with van der Waals surface area (Å²) in [4.78, 5) is 0. The molecular weight excluding hydrogens is 358 g/mol. The van der Waals surface area contributed by atoms with Crippen LogP contribution < -0.4 is 10.1 Å². The predicted octanol–water partition coefficient (Wildman–Crippen LogP) is 4.74. The molecule has 1 N–H and O–H groups in total. The molecule has 1 aromatic carbocycles. The van der Waals surface area contributed by atoms with E-state index >= 15 is 0 Å². The average molecular weight is 379 g/mol. The van der Waals surface area contributed by atoms with Gasteiger partial charge in [-0.1, -0.05) is 13.8 Å². The Kier molecular flexibility index (Phi) is 6.67. The first-order valence-electron chi connectivity index (χ1n) is 6.25. The van der Waals surface area contributed by atoms with Gasteiger partial charge in [-0.2, -0.15) is 0 Å². The van der Waals surface area contributed by atoms with E-state index in [1.807, 2.05) is 13.8 Å². The van der Waals surface area contributed by atoms with Crippen molar-refractivity contribution in [3.05, 3.63) is 26.6 Å². The molecule has 0 unspecified atom stereocenters. The number of benzene rings is 1. The Morgan fingerprint density at radius 3 is 2.11 bits per heavy atom. The molecule has 0 saturated heterocycles. The van der Waals surface area contributed by atoms with Crippen LogP contribution in [0, 0.1) is 5.92 Å². The zero-order chi connectivity index (χ0) is 13.7. The summed E-state index contributed by atoms with van der Waals surface area (Å²) in [6.07, 6.45) is 0.169. The normalized spacial score (nSPS) is 11.3. The van der Waals surface area contributed by atoms with Gasteiger partial charge in [-0.3, -0.25) is 0 Å². The number of hydrogen-bond donors (Lipinski definition) is 1. The number of ether oxygens (including phenoxy) is 1. The van der Waals surface area contributed by atoms with Crippen LogP contribution in [0.2, 0.25) is 0 Å². The second-order valence-corrected chi connectivity index (χ2v) is 6.79. The highest BCUT2D eigenvalue weighted by Gasteiger charge is 2.10. The molecule has 0 bridgehead atoms. The number of halogens is 2. The molecule has 0 radical (unpaired) electrons. The highest BCUT2D eigenvalue weighted by Crippen LogP contribution is 2.35. The topological polar surface area (TPSA) is 21.3 Å². The monoisotopic (exact) mass is 377 g/mol. The Labute approximate surface area is 127 Å². The van der Waals surface area contributed by atoms with E-state index in [1.165, 1.54) is 5.56 Å². The van der Waals surface area contributed by atoms with Gasteiger partial charge in [0.1, 0.15) is 5.75 Å². The first-order chi connectivity index (χ1) is 8.40. The maximum atomic E-state index is 5.76. The van der Waals surface area contributed by atoms with Gasteiger partial charge in [-0.15, -0.1) is 0 Å². The minimum absolute atomic E-state index is 0.169. The van der Waals surface area contributed by atoms with Crippen molar-refractivity contribution in [1.29, 1.82) is 0 Å². The van der Waals surface area contributed by atoms with Gasteiger partial charge in [0.25, 0.3) is 0 Å². The van der Waals surface area contributed by atoms with Gasteiger partial charge in [0.05, 0.1) is 15.0 Å². The third kappa shape index (κ3) is 5.29. The lowest BCUT2D eigenvalue weighted by Crippen LogP contribution is -2.19. The average Bonchev–Trinajstić information content (AvgIpc) is 2.22. The zero-order valence-corrected chi connectivity index (χ0v) is 14.6. The van der Waals surface area contributed by atoms with Gasteiger partial charge in [0.15, 0.2) is 0 Å². The molecule has 0 aliphatic heterocycles. The number of nitrogens with one attached hydrogen (secondary N) is 1. The van der Waals surface area contributed by atoms with Crippen LogP contribution in [0.1, 0.15) is 33.3 Å². The fraction of sp³-hybridized carbons (Fsp3) is 0.571. The Hall–Kier alpha value is -0.0600. The molecule has 0 aliphatic carbocycles. The molecule has 0 aromatic heterocycles. The molecule has 1 rings (SSSR count). The smallest absolute Gasteiger partial charge is 0.148 e. The van der Waals surface area contributed by atoms with Crippen LogP contribution in [-0.2, 0) is 6.54 Å². The summed E-state index contributed by atoms with van der Waals surface area (Å²) >= 11 is 7.13. The van der Waals surface area contributed by atoms with Crippen molar-refractivity contribution in [3.63, 3.8) is 0 Å². The molecule has 0 fully saturated rings. The van der Waals surface area contributed by atoms with Crippen LogP contribution >= 0.6 is 31.9 Å². The highest BCUT2D eigenvalue weighted by atomic mass is 79.9. The van der Waals surface area contributed by atoms with Gasteiger partial charge in [-0.05, 0) is 75.9 Å². The summed E-state index contributed by atoms with van der Waals surface area (Å²) in [6, 6.07) is 4.21. The Bertz CT molecular complexity index is 368. The molecular formula is C14H21Br2NO. The SMILES string of the molecule is CC(C)CNCc1cc(Br)c(OC(C)C)c(Br)c1. The molecule has 0 aliphatic rings. The van der Waals surface area contributed by atoms with Crippen LogP contribution in [0.25, 0.3) is 0 Å². The van der Waals surface area contributed by atoms with Crippen LogP contribution in [0.3, 0.4) is 0 Å². The molecule has 102 valence electrons. The maximum Gasteiger partial charge on any atom is 0.148 e. The van der Waals surface area contributed by atoms with Crippen LogP contribution in [0.5, 0.6) is 5.75 Å². The lowest BCUT2D eigenvalue weighted by Gasteiger charge is -2.15. The van der Waals surface area contributed by atoms with Crippen molar-refractivity contribution in [2.75, 3.05) is 6.54 Å². The molecule has 1 aromatic rings. The molecule has 0 atom stereocenters. The van der Waals surface area contributed by atoms with E-state index in [4.69, 9.17) is 4.74 Å². The molecule has 0 saturated carbocycles. The van der Waals surface area contributed by atoms with Crippen molar-refractivity contribution in [1.82, 2.24) is 5.32 Å². The summed E-state index contributed by atoms with van der Waals surface area (Å²) in [5.74, 6) is 1.54. The van der Waals surface area contributed by atoms with Gasteiger partial charge in [0.2, 0.25) is 0 Å². The van der Waals surface area contributed by atoms with Crippen LogP contribution in [-0.4, -0.2) is 12.6 Å². The Morgan fingerprint density at radius 2 is 1.67 bits per heavy atom. The molecule has 4 heteroatoms. The van der Waals surface area contributed by atoms with Crippen LogP contribution in [0.4, 0.5) is 0 Å². The Morgan fingerprint density at radius 1 is 1.11 bits per heavy atom. The first kappa shape index (κ1) is 16.0. The largest absolute Gasteiger partial charge is 0.489 e.